The zero-order chi connectivity index (χ0) is 10.6. The summed E-state index contributed by atoms with van der Waals surface area (Å²) >= 11 is 0. The first kappa shape index (κ1) is 10.8. The van der Waals surface area contributed by atoms with Crippen LogP contribution in [0.25, 0.3) is 0 Å². The van der Waals surface area contributed by atoms with Crippen molar-refractivity contribution in [1.29, 1.82) is 5.26 Å². The first-order valence-corrected chi connectivity index (χ1v) is 6.15. The SMILES string of the molecule is N#COC1(C2CCCCC2)CCNCC1. The molecule has 1 heterocycles. The van der Waals surface area contributed by atoms with Crippen LogP contribution in [0.2, 0.25) is 0 Å². The summed E-state index contributed by atoms with van der Waals surface area (Å²) in [6.45, 7) is 2.00. The van der Waals surface area contributed by atoms with Gasteiger partial charge < -0.3 is 10.1 Å². The van der Waals surface area contributed by atoms with E-state index in [2.05, 4.69) is 5.32 Å². The molecule has 0 bridgehead atoms. The fourth-order valence-electron chi connectivity index (χ4n) is 3.16. The predicted molar refractivity (Wildman–Crippen MR) is 58.1 cm³/mol. The van der Waals surface area contributed by atoms with Gasteiger partial charge in [-0.15, -0.1) is 0 Å². The Morgan fingerprint density at radius 3 is 2.40 bits per heavy atom. The molecule has 1 saturated heterocycles. The molecular weight excluding hydrogens is 188 g/mol. The normalized spacial score (nSPS) is 26.9. The van der Waals surface area contributed by atoms with Crippen LogP contribution in [-0.2, 0) is 4.74 Å². The highest BCUT2D eigenvalue weighted by atomic mass is 16.5. The van der Waals surface area contributed by atoms with Gasteiger partial charge in [0.1, 0.15) is 5.60 Å². The predicted octanol–water partition coefficient (Wildman–Crippen LogP) is 2.19. The van der Waals surface area contributed by atoms with Crippen molar-refractivity contribution in [2.75, 3.05) is 13.1 Å². The third kappa shape index (κ3) is 2.26. The van der Waals surface area contributed by atoms with Gasteiger partial charge in [-0.1, -0.05) is 19.3 Å². The molecule has 1 saturated carbocycles. The minimum absolute atomic E-state index is 0.125. The molecule has 2 fully saturated rings. The lowest BCUT2D eigenvalue weighted by Crippen LogP contribution is -2.49. The molecule has 1 N–H and O–H groups in total. The van der Waals surface area contributed by atoms with Crippen molar-refractivity contribution < 1.29 is 4.74 Å². The molecule has 1 aliphatic carbocycles. The van der Waals surface area contributed by atoms with Crippen LogP contribution in [0.5, 0.6) is 0 Å². The highest BCUT2D eigenvalue weighted by Crippen LogP contribution is 2.40. The monoisotopic (exact) mass is 208 g/mol. The zero-order valence-electron chi connectivity index (χ0n) is 9.30. The topological polar surface area (TPSA) is 45.0 Å². The van der Waals surface area contributed by atoms with Crippen LogP contribution in [0, 0.1) is 17.4 Å². The molecule has 15 heavy (non-hydrogen) atoms. The van der Waals surface area contributed by atoms with E-state index in [-0.39, 0.29) is 5.60 Å². The molecule has 0 spiro atoms. The molecule has 0 amide bonds. The van der Waals surface area contributed by atoms with Crippen LogP contribution >= 0.6 is 0 Å². The third-order valence-electron chi connectivity index (χ3n) is 4.05. The van der Waals surface area contributed by atoms with E-state index < -0.39 is 0 Å². The molecule has 3 heteroatoms. The van der Waals surface area contributed by atoms with E-state index in [1.165, 1.54) is 32.1 Å². The standard InChI is InChI=1S/C12H20N2O/c13-10-15-12(6-8-14-9-7-12)11-4-2-1-3-5-11/h11,14H,1-9H2. The summed E-state index contributed by atoms with van der Waals surface area (Å²) in [6.07, 6.45) is 10.4. The van der Waals surface area contributed by atoms with Crippen molar-refractivity contribution in [2.45, 2.75) is 50.5 Å². The Balaban J connectivity index is 2.05. The first-order valence-electron chi connectivity index (χ1n) is 6.15. The number of nitrogens with zero attached hydrogens (tertiary/aromatic N) is 1. The lowest BCUT2D eigenvalue weighted by Gasteiger charge is -2.42. The third-order valence-corrected chi connectivity index (χ3v) is 4.05. The van der Waals surface area contributed by atoms with E-state index in [1.54, 1.807) is 0 Å². The van der Waals surface area contributed by atoms with Crippen molar-refractivity contribution in [2.24, 2.45) is 5.92 Å². The van der Waals surface area contributed by atoms with Crippen LogP contribution in [-0.4, -0.2) is 18.7 Å². The molecule has 0 unspecified atom stereocenters. The molecule has 0 aromatic carbocycles. The second-order valence-electron chi connectivity index (χ2n) is 4.84. The van der Waals surface area contributed by atoms with Crippen LogP contribution in [0.1, 0.15) is 44.9 Å². The maximum Gasteiger partial charge on any atom is 0.286 e. The average molecular weight is 208 g/mol. The lowest BCUT2D eigenvalue weighted by molar-refractivity contribution is -0.0575. The molecule has 0 aromatic heterocycles. The van der Waals surface area contributed by atoms with Gasteiger partial charge >= 0.3 is 0 Å². The minimum atomic E-state index is -0.125. The molecular formula is C12H20N2O. The molecule has 84 valence electrons. The Bertz CT molecular complexity index is 234. The smallest absolute Gasteiger partial charge is 0.286 e. The first-order chi connectivity index (χ1) is 7.37. The highest BCUT2D eigenvalue weighted by Gasteiger charge is 2.42. The van der Waals surface area contributed by atoms with Crippen molar-refractivity contribution in [3.63, 3.8) is 0 Å². The van der Waals surface area contributed by atoms with Gasteiger partial charge in [0.2, 0.25) is 0 Å². The van der Waals surface area contributed by atoms with Crippen molar-refractivity contribution in [3.05, 3.63) is 0 Å². The van der Waals surface area contributed by atoms with E-state index in [4.69, 9.17) is 10.00 Å². The number of nitrogens with one attached hydrogen (secondary N) is 1. The van der Waals surface area contributed by atoms with Crippen LogP contribution in [0.4, 0.5) is 0 Å². The Morgan fingerprint density at radius 2 is 1.80 bits per heavy atom. The van der Waals surface area contributed by atoms with Gasteiger partial charge in [0.05, 0.1) is 0 Å². The summed E-state index contributed by atoms with van der Waals surface area (Å²) in [5.41, 5.74) is -0.125. The molecule has 3 nitrogen and oxygen atoms in total. The number of rotatable bonds is 2. The van der Waals surface area contributed by atoms with E-state index in [9.17, 15) is 0 Å². The maximum absolute atomic E-state index is 8.82. The number of nitriles is 1. The Kier molecular flexibility index (Phi) is 3.48. The number of piperidine rings is 1. The average Bonchev–Trinajstić information content (AvgIpc) is 2.32. The second kappa shape index (κ2) is 4.85. The van der Waals surface area contributed by atoms with Gasteiger partial charge in [-0.2, -0.15) is 5.26 Å². The zero-order valence-corrected chi connectivity index (χ0v) is 9.30. The molecule has 0 atom stereocenters. The van der Waals surface area contributed by atoms with Crippen LogP contribution < -0.4 is 5.32 Å². The quantitative estimate of drug-likeness (QED) is 0.707. The summed E-state index contributed by atoms with van der Waals surface area (Å²) in [6, 6.07) is 0. The molecule has 0 aromatic rings. The van der Waals surface area contributed by atoms with E-state index in [0.29, 0.717) is 5.92 Å². The highest BCUT2D eigenvalue weighted by molar-refractivity contribution is 4.95. The Labute approximate surface area is 91.8 Å². The molecule has 1 aliphatic heterocycles. The summed E-state index contributed by atoms with van der Waals surface area (Å²) in [5.74, 6) is 0.619. The number of hydrogen-bond acceptors (Lipinski definition) is 3. The number of ether oxygens (including phenoxy) is 1. The second-order valence-corrected chi connectivity index (χ2v) is 4.84. The summed E-state index contributed by atoms with van der Waals surface area (Å²) in [7, 11) is 0. The van der Waals surface area contributed by atoms with E-state index in [0.717, 1.165) is 25.9 Å². The summed E-state index contributed by atoms with van der Waals surface area (Å²) in [4.78, 5) is 0. The van der Waals surface area contributed by atoms with Gasteiger partial charge in [0.25, 0.3) is 6.26 Å². The van der Waals surface area contributed by atoms with Gasteiger partial charge in [-0.3, -0.25) is 0 Å². The van der Waals surface area contributed by atoms with Gasteiger partial charge in [-0.25, -0.2) is 0 Å². The molecule has 2 rings (SSSR count). The van der Waals surface area contributed by atoms with Crippen molar-refractivity contribution in [3.8, 4) is 6.26 Å². The fraction of sp³-hybridized carbons (Fsp3) is 0.917. The van der Waals surface area contributed by atoms with Crippen molar-refractivity contribution in [1.82, 2.24) is 5.32 Å². The number of hydrogen-bond donors (Lipinski definition) is 1. The van der Waals surface area contributed by atoms with Crippen LogP contribution in [0.3, 0.4) is 0 Å². The minimum Gasteiger partial charge on any atom is -0.420 e. The summed E-state index contributed by atoms with van der Waals surface area (Å²) in [5, 5.41) is 12.2. The molecule has 2 aliphatic rings. The Morgan fingerprint density at radius 1 is 1.13 bits per heavy atom. The maximum atomic E-state index is 8.82. The Hall–Kier alpha value is -0.750. The summed E-state index contributed by atoms with van der Waals surface area (Å²) < 4.78 is 5.48. The van der Waals surface area contributed by atoms with E-state index >= 15 is 0 Å². The largest absolute Gasteiger partial charge is 0.420 e. The van der Waals surface area contributed by atoms with Gasteiger partial charge in [0.15, 0.2) is 0 Å². The van der Waals surface area contributed by atoms with Gasteiger partial charge in [0, 0.05) is 12.8 Å². The molecule has 0 radical (unpaired) electrons. The van der Waals surface area contributed by atoms with Gasteiger partial charge in [-0.05, 0) is 31.8 Å². The lowest BCUT2D eigenvalue weighted by atomic mass is 9.72. The van der Waals surface area contributed by atoms with Crippen LogP contribution in [0.15, 0.2) is 0 Å². The van der Waals surface area contributed by atoms with E-state index in [1.807, 2.05) is 6.26 Å². The fourth-order valence-corrected chi connectivity index (χ4v) is 3.16. The van der Waals surface area contributed by atoms with Crippen molar-refractivity contribution >= 4 is 0 Å².